The molecule has 0 heterocycles. The molecule has 7 nitrogen and oxygen atoms in total. The third-order valence-corrected chi connectivity index (χ3v) is 4.97. The molecule has 0 aromatic heterocycles. The van der Waals surface area contributed by atoms with Crippen LogP contribution >= 0.6 is 11.6 Å². The van der Waals surface area contributed by atoms with E-state index in [0.29, 0.717) is 24.2 Å². The fourth-order valence-corrected chi connectivity index (χ4v) is 3.61. The first-order valence-corrected chi connectivity index (χ1v) is 11.1. The SMILES string of the molecule is CC/C(=N/OC/C=C/Cl)C1=C(O)CC(c2ccc(NS(C)(=O)=O)cc2)CC1=O. The molecule has 1 aromatic rings. The van der Waals surface area contributed by atoms with Gasteiger partial charge in [-0.3, -0.25) is 9.52 Å². The number of anilines is 1. The van der Waals surface area contributed by atoms with Crippen molar-refractivity contribution in [1.82, 2.24) is 0 Å². The van der Waals surface area contributed by atoms with Gasteiger partial charge in [0.05, 0.1) is 17.5 Å². The summed E-state index contributed by atoms with van der Waals surface area (Å²) >= 11 is 5.42. The van der Waals surface area contributed by atoms with Crippen molar-refractivity contribution < 1.29 is 23.2 Å². The van der Waals surface area contributed by atoms with Crippen molar-refractivity contribution in [2.75, 3.05) is 17.6 Å². The highest BCUT2D eigenvalue weighted by Gasteiger charge is 2.31. The van der Waals surface area contributed by atoms with Crippen LogP contribution in [0.1, 0.15) is 37.7 Å². The summed E-state index contributed by atoms with van der Waals surface area (Å²) in [7, 11) is -3.35. The number of carbonyl (C=O) groups excluding carboxylic acids is 1. The number of nitrogens with one attached hydrogen (secondary N) is 1. The van der Waals surface area contributed by atoms with Gasteiger partial charge in [0.2, 0.25) is 10.0 Å². The molecule has 2 rings (SSSR count). The van der Waals surface area contributed by atoms with E-state index in [2.05, 4.69) is 9.88 Å². The van der Waals surface area contributed by atoms with Crippen molar-refractivity contribution in [2.24, 2.45) is 5.16 Å². The first-order valence-electron chi connectivity index (χ1n) is 8.72. The van der Waals surface area contributed by atoms with E-state index in [-0.39, 0.29) is 36.1 Å². The minimum Gasteiger partial charge on any atom is -0.511 e. The van der Waals surface area contributed by atoms with Crippen LogP contribution in [0.15, 0.2) is 52.4 Å². The molecule has 28 heavy (non-hydrogen) atoms. The number of rotatable bonds is 8. The van der Waals surface area contributed by atoms with E-state index in [1.165, 1.54) is 5.54 Å². The number of carbonyl (C=O) groups is 1. The molecule has 0 radical (unpaired) electrons. The summed E-state index contributed by atoms with van der Waals surface area (Å²) in [4.78, 5) is 17.8. The van der Waals surface area contributed by atoms with Gasteiger partial charge in [-0.05, 0) is 36.1 Å². The summed E-state index contributed by atoms with van der Waals surface area (Å²) < 4.78 is 25.0. The van der Waals surface area contributed by atoms with E-state index in [9.17, 15) is 18.3 Å². The molecule has 0 aliphatic heterocycles. The molecule has 0 saturated carbocycles. The summed E-state index contributed by atoms with van der Waals surface area (Å²) in [6.07, 6.45) is 3.59. The summed E-state index contributed by atoms with van der Waals surface area (Å²) in [6.45, 7) is 2.00. The number of Topliss-reactive ketones (excluding diaryl/α,β-unsaturated/α-hetero) is 1. The van der Waals surface area contributed by atoms with Crippen LogP contribution in [0.5, 0.6) is 0 Å². The Hall–Kier alpha value is -2.32. The van der Waals surface area contributed by atoms with Crippen molar-refractivity contribution in [3.05, 3.63) is 52.8 Å². The number of benzene rings is 1. The molecule has 9 heteroatoms. The maximum atomic E-state index is 12.7. The number of ketones is 1. The molecule has 1 aliphatic carbocycles. The largest absolute Gasteiger partial charge is 0.511 e. The van der Waals surface area contributed by atoms with Crippen molar-refractivity contribution in [2.45, 2.75) is 32.1 Å². The van der Waals surface area contributed by atoms with Gasteiger partial charge in [0.1, 0.15) is 12.4 Å². The molecule has 1 aromatic carbocycles. The van der Waals surface area contributed by atoms with Gasteiger partial charge in [-0.25, -0.2) is 8.42 Å². The number of hydrogen-bond acceptors (Lipinski definition) is 6. The van der Waals surface area contributed by atoms with Crippen LogP contribution in [0.2, 0.25) is 0 Å². The zero-order valence-electron chi connectivity index (χ0n) is 15.7. The van der Waals surface area contributed by atoms with E-state index >= 15 is 0 Å². The molecule has 0 fully saturated rings. The van der Waals surface area contributed by atoms with Gasteiger partial charge in [0.25, 0.3) is 0 Å². The second-order valence-electron chi connectivity index (χ2n) is 6.40. The fourth-order valence-electron chi connectivity index (χ4n) is 2.98. The average Bonchev–Trinajstić information content (AvgIpc) is 2.62. The van der Waals surface area contributed by atoms with Crippen molar-refractivity contribution in [1.29, 1.82) is 0 Å². The van der Waals surface area contributed by atoms with Gasteiger partial charge >= 0.3 is 0 Å². The number of nitrogens with zero attached hydrogens (tertiary/aromatic N) is 1. The van der Waals surface area contributed by atoms with E-state index in [0.717, 1.165) is 11.8 Å². The van der Waals surface area contributed by atoms with Gasteiger partial charge in [-0.1, -0.05) is 35.8 Å². The summed E-state index contributed by atoms with van der Waals surface area (Å²) in [5, 5.41) is 14.4. The maximum Gasteiger partial charge on any atom is 0.229 e. The Kier molecular flexibility index (Phi) is 7.65. The lowest BCUT2D eigenvalue weighted by Crippen LogP contribution is -2.23. The first kappa shape index (κ1) is 22.0. The van der Waals surface area contributed by atoms with Gasteiger partial charge in [0.15, 0.2) is 5.78 Å². The molecule has 152 valence electrons. The third-order valence-electron chi connectivity index (χ3n) is 4.18. The quantitative estimate of drug-likeness (QED) is 0.373. The molecular weight excluding hydrogens is 404 g/mol. The monoisotopic (exact) mass is 426 g/mol. The second-order valence-corrected chi connectivity index (χ2v) is 8.40. The molecule has 0 bridgehead atoms. The van der Waals surface area contributed by atoms with Gasteiger partial charge in [0, 0.05) is 24.1 Å². The zero-order chi connectivity index (χ0) is 20.7. The number of oxime groups is 1. The number of sulfonamides is 1. The molecule has 1 atom stereocenters. The van der Waals surface area contributed by atoms with E-state index in [1.54, 1.807) is 30.3 Å². The first-order chi connectivity index (χ1) is 13.2. The standard InChI is InChI=1S/C19H23ClN2O5S/c1-3-16(21-27-10-4-9-20)19-17(23)11-14(12-18(19)24)13-5-7-15(8-6-13)22-28(2,25)26/h4-9,14,22-23H,3,10-12H2,1-2H3/b9-4+,21-16-. The Morgan fingerprint density at radius 1 is 1.36 bits per heavy atom. The zero-order valence-corrected chi connectivity index (χ0v) is 17.3. The summed E-state index contributed by atoms with van der Waals surface area (Å²) in [5.41, 5.74) is 3.21. The lowest BCUT2D eigenvalue weighted by atomic mass is 9.81. The Balaban J connectivity index is 2.17. The highest BCUT2D eigenvalue weighted by molar-refractivity contribution is 7.92. The Morgan fingerprint density at radius 2 is 2.04 bits per heavy atom. The molecule has 0 saturated heterocycles. The van der Waals surface area contributed by atoms with Crippen molar-refractivity contribution >= 4 is 38.8 Å². The van der Waals surface area contributed by atoms with Crippen LogP contribution in [0.3, 0.4) is 0 Å². The minimum atomic E-state index is -3.35. The Bertz CT molecular complexity index is 905. The van der Waals surface area contributed by atoms with E-state index in [4.69, 9.17) is 16.4 Å². The normalized spacial score (nSPS) is 18.6. The van der Waals surface area contributed by atoms with Gasteiger partial charge in [-0.2, -0.15) is 0 Å². The highest BCUT2D eigenvalue weighted by atomic mass is 35.5. The fraction of sp³-hybridized carbons (Fsp3) is 0.368. The molecule has 2 N–H and O–H groups in total. The number of halogens is 1. The topological polar surface area (TPSA) is 105 Å². The molecule has 0 spiro atoms. The number of allylic oxidation sites excluding steroid dienone is 2. The number of aliphatic hydroxyl groups excluding tert-OH is 1. The number of aliphatic hydroxyl groups is 1. The highest BCUT2D eigenvalue weighted by Crippen LogP contribution is 2.35. The van der Waals surface area contributed by atoms with E-state index < -0.39 is 10.0 Å². The van der Waals surface area contributed by atoms with Crippen molar-refractivity contribution in [3.8, 4) is 0 Å². The lowest BCUT2D eigenvalue weighted by Gasteiger charge is -2.24. The van der Waals surface area contributed by atoms with Gasteiger partial charge in [-0.15, -0.1) is 0 Å². The summed E-state index contributed by atoms with van der Waals surface area (Å²) in [5.74, 6) is -0.414. The second kappa shape index (κ2) is 9.75. The minimum absolute atomic E-state index is 0.0170. The Labute approximate surface area is 169 Å². The van der Waals surface area contributed by atoms with Crippen LogP contribution in [0.25, 0.3) is 0 Å². The molecule has 0 amide bonds. The smallest absolute Gasteiger partial charge is 0.229 e. The van der Waals surface area contributed by atoms with Crippen LogP contribution in [-0.4, -0.2) is 37.9 Å². The van der Waals surface area contributed by atoms with Crippen LogP contribution in [0, 0.1) is 0 Å². The third kappa shape index (κ3) is 6.10. The van der Waals surface area contributed by atoms with Crippen LogP contribution in [-0.2, 0) is 19.7 Å². The lowest BCUT2D eigenvalue weighted by molar-refractivity contribution is -0.116. The molecular formula is C19H23ClN2O5S. The van der Waals surface area contributed by atoms with Gasteiger partial charge < -0.3 is 9.94 Å². The van der Waals surface area contributed by atoms with E-state index in [1.807, 2.05) is 6.92 Å². The maximum absolute atomic E-state index is 12.7. The summed E-state index contributed by atoms with van der Waals surface area (Å²) in [6, 6.07) is 6.77. The van der Waals surface area contributed by atoms with Crippen LogP contribution < -0.4 is 4.72 Å². The number of hydrogen-bond donors (Lipinski definition) is 2. The molecule has 1 unspecified atom stereocenters. The van der Waals surface area contributed by atoms with Crippen LogP contribution in [0.4, 0.5) is 5.69 Å². The van der Waals surface area contributed by atoms with Crippen molar-refractivity contribution in [3.63, 3.8) is 0 Å². The Morgan fingerprint density at radius 3 is 2.57 bits per heavy atom. The predicted molar refractivity (Wildman–Crippen MR) is 110 cm³/mol. The average molecular weight is 427 g/mol. The predicted octanol–water partition coefficient (Wildman–Crippen LogP) is 3.85. The molecule has 1 aliphatic rings.